The third-order valence-corrected chi connectivity index (χ3v) is 7.15. The van der Waals surface area contributed by atoms with Crippen molar-refractivity contribution >= 4 is 19.1 Å². The number of nitrogens with one attached hydrogen (secondary N) is 1. The minimum absolute atomic E-state index is 0.265. The molecule has 0 saturated heterocycles. The third kappa shape index (κ3) is 9.38. The molecule has 1 aromatic heterocycles. The molecule has 1 amide bonds. The van der Waals surface area contributed by atoms with Gasteiger partial charge in [0.25, 0.3) is 5.91 Å². The first kappa shape index (κ1) is 33.6. The maximum Gasteiger partial charge on any atom is 0.673 e. The summed E-state index contributed by atoms with van der Waals surface area (Å²) in [7, 11) is -4.68. The molecule has 4 aromatic carbocycles. The molecule has 0 fully saturated rings. The number of pyridine rings is 1. The highest BCUT2D eigenvalue weighted by Crippen LogP contribution is 2.31. The summed E-state index contributed by atoms with van der Waals surface area (Å²) >= 11 is 0. The molecule has 5 nitrogen and oxygen atoms in total. The number of halogens is 4. The summed E-state index contributed by atoms with van der Waals surface area (Å²) < 4.78 is 46.0. The van der Waals surface area contributed by atoms with E-state index in [1.807, 2.05) is 84.9 Å². The van der Waals surface area contributed by atoms with Crippen LogP contribution in [0.3, 0.4) is 0 Å². The maximum atomic E-state index is 14.2. The third-order valence-electron chi connectivity index (χ3n) is 7.15. The van der Waals surface area contributed by atoms with Gasteiger partial charge in [-0.2, -0.15) is 4.57 Å². The number of benzene rings is 4. The first-order valence-corrected chi connectivity index (χ1v) is 14.6. The summed E-state index contributed by atoms with van der Waals surface area (Å²) in [5, 5.41) is 2.92. The van der Waals surface area contributed by atoms with Crippen molar-refractivity contribution in [2.24, 2.45) is 0 Å². The molecule has 0 bridgehead atoms. The number of amides is 1. The molecule has 0 aliphatic heterocycles. The molecule has 236 valence electrons. The van der Waals surface area contributed by atoms with E-state index in [4.69, 9.17) is 4.74 Å². The number of esters is 1. The molecular formula is C36H33BF4N2O3. The summed E-state index contributed by atoms with van der Waals surface area (Å²) in [6.07, 6.45) is 0.426. The van der Waals surface area contributed by atoms with Crippen LogP contribution in [-0.2, 0) is 20.7 Å². The average molecular weight is 628 g/mol. The normalized spacial score (nSPS) is 12.2. The smallest absolute Gasteiger partial charge is 0.467 e. The van der Waals surface area contributed by atoms with Crippen LogP contribution < -0.4 is 9.88 Å². The predicted molar refractivity (Wildman–Crippen MR) is 172 cm³/mol. The van der Waals surface area contributed by atoms with Crippen molar-refractivity contribution in [3.8, 4) is 33.6 Å². The zero-order valence-electron chi connectivity index (χ0n) is 25.3. The van der Waals surface area contributed by atoms with E-state index < -0.39 is 25.3 Å². The first-order chi connectivity index (χ1) is 22.0. The van der Waals surface area contributed by atoms with Gasteiger partial charge >= 0.3 is 13.2 Å². The lowest BCUT2D eigenvalue weighted by Gasteiger charge is -2.21. The van der Waals surface area contributed by atoms with Crippen LogP contribution in [0.4, 0.5) is 17.3 Å². The number of hydrogen-bond acceptors (Lipinski definition) is 3. The van der Waals surface area contributed by atoms with Crippen molar-refractivity contribution in [1.82, 2.24) is 5.32 Å². The van der Waals surface area contributed by atoms with Gasteiger partial charge in [0.15, 0.2) is 0 Å². The molecular weight excluding hydrogens is 595 g/mol. The standard InChI is InChI=1S/C36H32N2O3.BF4/c1-26(36(40)41-2)37-35(39)34(23-27-15-7-3-8-16-27)38-32(29-19-11-5-12-20-29)24-31(28-17-9-4-10-18-28)25-33(38)30-21-13-6-14-22-30;2-1(3,4)5/h3-22,24-26,34H,23H2,1-2H3;/q;-1/p+1. The molecule has 0 radical (unpaired) electrons. The van der Waals surface area contributed by atoms with Gasteiger partial charge in [-0.15, -0.1) is 0 Å². The number of aromatic nitrogens is 1. The number of carbonyl (C=O) groups is 2. The number of carbonyl (C=O) groups excluding carboxylic acids is 2. The van der Waals surface area contributed by atoms with E-state index >= 15 is 0 Å². The fourth-order valence-electron chi connectivity index (χ4n) is 5.08. The number of rotatable bonds is 9. The minimum atomic E-state index is -6.00. The Labute approximate surface area is 265 Å². The molecule has 46 heavy (non-hydrogen) atoms. The van der Waals surface area contributed by atoms with Gasteiger partial charge in [0, 0.05) is 29.7 Å². The van der Waals surface area contributed by atoms with Gasteiger partial charge in [-0.1, -0.05) is 97.1 Å². The largest absolute Gasteiger partial charge is 0.673 e. The molecule has 0 saturated carbocycles. The number of ether oxygens (including phenoxy) is 1. The van der Waals surface area contributed by atoms with Crippen molar-refractivity contribution in [3.63, 3.8) is 0 Å². The van der Waals surface area contributed by atoms with Crippen LogP contribution >= 0.6 is 0 Å². The topological polar surface area (TPSA) is 59.3 Å². The van der Waals surface area contributed by atoms with Gasteiger partial charge in [-0.05, 0) is 47.9 Å². The van der Waals surface area contributed by atoms with Crippen LogP contribution in [0.1, 0.15) is 18.5 Å². The molecule has 1 heterocycles. The van der Waals surface area contributed by atoms with E-state index in [0.29, 0.717) is 6.42 Å². The summed E-state index contributed by atoms with van der Waals surface area (Å²) in [6, 6.07) is 43.2. The van der Waals surface area contributed by atoms with Crippen molar-refractivity contribution in [2.75, 3.05) is 7.11 Å². The summed E-state index contributed by atoms with van der Waals surface area (Å²) in [5.74, 6) is -0.758. The van der Waals surface area contributed by atoms with Crippen LogP contribution in [0.2, 0.25) is 0 Å². The highest BCUT2D eigenvalue weighted by atomic mass is 19.5. The Hall–Kier alpha value is -5.25. The Morgan fingerprint density at radius 3 is 1.48 bits per heavy atom. The summed E-state index contributed by atoms with van der Waals surface area (Å²) in [6.45, 7) is 1.64. The Morgan fingerprint density at radius 1 is 0.674 bits per heavy atom. The molecule has 2 unspecified atom stereocenters. The van der Waals surface area contributed by atoms with Crippen molar-refractivity contribution in [2.45, 2.75) is 25.4 Å². The van der Waals surface area contributed by atoms with Crippen LogP contribution in [0, 0.1) is 0 Å². The lowest BCUT2D eigenvalue weighted by molar-refractivity contribution is -0.688. The second-order valence-electron chi connectivity index (χ2n) is 10.4. The first-order valence-electron chi connectivity index (χ1n) is 14.6. The SMILES string of the molecule is COC(=O)C(C)NC(=O)C(Cc1ccccc1)[n+]1c(-c2ccccc2)cc(-c2ccccc2)cc1-c1ccccc1.F[B-](F)(F)F. The molecule has 0 aliphatic carbocycles. The average Bonchev–Trinajstić information content (AvgIpc) is 3.07. The molecule has 5 aromatic rings. The van der Waals surface area contributed by atoms with E-state index in [1.165, 1.54) is 7.11 Å². The van der Waals surface area contributed by atoms with Crippen molar-refractivity contribution in [1.29, 1.82) is 0 Å². The number of methoxy groups -OCH3 is 1. The fraction of sp³-hybridized carbons (Fsp3) is 0.139. The Kier molecular flexibility index (Phi) is 11.5. The quantitative estimate of drug-likeness (QED) is 0.0787. The Balaban J connectivity index is 0.000000892. The number of nitrogens with zero attached hydrogens (tertiary/aromatic N) is 1. The second-order valence-corrected chi connectivity index (χ2v) is 10.4. The van der Waals surface area contributed by atoms with Crippen molar-refractivity contribution in [3.05, 3.63) is 139 Å². The van der Waals surface area contributed by atoms with E-state index in [0.717, 1.165) is 39.2 Å². The molecule has 10 heteroatoms. The van der Waals surface area contributed by atoms with Gasteiger partial charge in [-0.3, -0.25) is 4.79 Å². The van der Waals surface area contributed by atoms with Crippen LogP contribution in [0.15, 0.2) is 133 Å². The van der Waals surface area contributed by atoms with Gasteiger partial charge in [0.05, 0.1) is 7.11 Å². The monoisotopic (exact) mass is 628 g/mol. The van der Waals surface area contributed by atoms with Crippen LogP contribution in [-0.4, -0.2) is 32.3 Å². The highest BCUT2D eigenvalue weighted by molar-refractivity contribution is 6.50. The molecule has 5 rings (SSSR count). The highest BCUT2D eigenvalue weighted by Gasteiger charge is 2.37. The molecule has 1 N–H and O–H groups in total. The maximum absolute atomic E-state index is 14.2. The molecule has 2 atom stereocenters. The fourth-order valence-corrected chi connectivity index (χ4v) is 5.08. The van der Waals surface area contributed by atoms with E-state index in [2.05, 4.69) is 58.4 Å². The van der Waals surface area contributed by atoms with E-state index in [-0.39, 0.29) is 5.91 Å². The van der Waals surface area contributed by atoms with Gasteiger partial charge in [0.2, 0.25) is 17.4 Å². The summed E-state index contributed by atoms with van der Waals surface area (Å²) in [4.78, 5) is 26.5. The van der Waals surface area contributed by atoms with Gasteiger partial charge in [-0.25, -0.2) is 4.79 Å². The zero-order chi connectivity index (χ0) is 33.1. The molecule has 0 spiro atoms. The van der Waals surface area contributed by atoms with Crippen molar-refractivity contribution < 1.29 is 36.2 Å². The zero-order valence-corrected chi connectivity index (χ0v) is 25.3. The summed E-state index contributed by atoms with van der Waals surface area (Å²) in [5.41, 5.74) is 6.89. The minimum Gasteiger partial charge on any atom is -0.467 e. The number of hydrogen-bond donors (Lipinski definition) is 1. The van der Waals surface area contributed by atoms with E-state index in [1.54, 1.807) is 6.92 Å². The Morgan fingerprint density at radius 2 is 1.07 bits per heavy atom. The predicted octanol–water partition coefficient (Wildman–Crippen LogP) is 7.74. The second kappa shape index (κ2) is 15.7. The van der Waals surface area contributed by atoms with Crippen LogP contribution in [0.25, 0.3) is 33.6 Å². The Bertz CT molecular complexity index is 1660. The van der Waals surface area contributed by atoms with Crippen LogP contribution in [0.5, 0.6) is 0 Å². The molecule has 0 aliphatic rings. The lowest BCUT2D eigenvalue weighted by atomic mass is 9.96. The van der Waals surface area contributed by atoms with Gasteiger partial charge in [0.1, 0.15) is 6.04 Å². The van der Waals surface area contributed by atoms with Gasteiger partial charge < -0.3 is 27.3 Å². The lowest BCUT2D eigenvalue weighted by Crippen LogP contribution is -2.54. The van der Waals surface area contributed by atoms with E-state index in [9.17, 15) is 26.9 Å².